The number of methoxy groups -OCH3 is 1. The number of hydrogen-bond acceptors (Lipinski definition) is 6. The molecule has 0 atom stereocenters. The van der Waals surface area contributed by atoms with E-state index in [1.54, 1.807) is 17.4 Å². The Balaban J connectivity index is 1.32. The lowest BCUT2D eigenvalue weighted by molar-refractivity contribution is 0.0589. The van der Waals surface area contributed by atoms with Gasteiger partial charge < -0.3 is 9.64 Å². The molecule has 4 rings (SSSR count). The molecular weight excluding hydrogens is 434 g/mol. The van der Waals surface area contributed by atoms with Gasteiger partial charge in [-0.1, -0.05) is 29.8 Å². The third-order valence-electron chi connectivity index (χ3n) is 5.24. The van der Waals surface area contributed by atoms with Crippen LogP contribution in [-0.2, 0) is 11.3 Å². The van der Waals surface area contributed by atoms with E-state index in [4.69, 9.17) is 11.6 Å². The Bertz CT molecular complexity index is 1080. The second-order valence-corrected chi connectivity index (χ2v) is 8.81. The van der Waals surface area contributed by atoms with Crippen LogP contribution < -0.4 is 0 Å². The van der Waals surface area contributed by atoms with Crippen molar-refractivity contribution in [2.75, 3.05) is 33.3 Å². The number of rotatable bonds is 5. The number of ether oxygens (including phenoxy) is 1. The van der Waals surface area contributed by atoms with E-state index in [9.17, 15) is 9.59 Å². The van der Waals surface area contributed by atoms with Crippen LogP contribution in [0.15, 0.2) is 54.7 Å². The van der Waals surface area contributed by atoms with Crippen LogP contribution in [0.2, 0.25) is 5.02 Å². The molecule has 1 amide bonds. The zero-order valence-corrected chi connectivity index (χ0v) is 18.7. The number of benzene rings is 1. The fourth-order valence-electron chi connectivity index (χ4n) is 3.53. The first-order valence-corrected chi connectivity index (χ1v) is 11.1. The molecule has 1 fully saturated rings. The number of hydrogen-bond donors (Lipinski definition) is 0. The Kier molecular flexibility index (Phi) is 6.65. The SMILES string of the molecule is COC(=O)c1ccc(C(=O)N2CCN(Cc3ccc(-c4ccccc4Cl)s3)CC2)cn1. The molecule has 0 aliphatic carbocycles. The first-order chi connectivity index (χ1) is 15.0. The summed E-state index contributed by atoms with van der Waals surface area (Å²) in [6.45, 7) is 3.77. The van der Waals surface area contributed by atoms with Crippen molar-refractivity contribution < 1.29 is 14.3 Å². The smallest absolute Gasteiger partial charge is 0.356 e. The van der Waals surface area contributed by atoms with Gasteiger partial charge in [0.2, 0.25) is 0 Å². The van der Waals surface area contributed by atoms with Gasteiger partial charge in [-0.05, 0) is 30.3 Å². The van der Waals surface area contributed by atoms with Gasteiger partial charge in [-0.15, -0.1) is 11.3 Å². The summed E-state index contributed by atoms with van der Waals surface area (Å²) in [6, 6.07) is 15.3. The maximum absolute atomic E-state index is 12.7. The van der Waals surface area contributed by atoms with Gasteiger partial charge in [-0.3, -0.25) is 9.69 Å². The lowest BCUT2D eigenvalue weighted by atomic mass is 10.2. The summed E-state index contributed by atoms with van der Waals surface area (Å²) in [7, 11) is 1.30. The molecule has 3 heterocycles. The molecule has 8 heteroatoms. The van der Waals surface area contributed by atoms with Gasteiger partial charge in [0, 0.05) is 59.3 Å². The van der Waals surface area contributed by atoms with E-state index in [0.29, 0.717) is 18.7 Å². The van der Waals surface area contributed by atoms with Crippen molar-refractivity contribution in [1.82, 2.24) is 14.8 Å². The Hall–Kier alpha value is -2.74. The number of carbonyl (C=O) groups excluding carboxylic acids is 2. The first-order valence-electron chi connectivity index (χ1n) is 9.95. The number of halogens is 1. The van der Waals surface area contributed by atoms with E-state index in [-0.39, 0.29) is 11.6 Å². The van der Waals surface area contributed by atoms with E-state index < -0.39 is 5.97 Å². The van der Waals surface area contributed by atoms with Crippen molar-refractivity contribution in [1.29, 1.82) is 0 Å². The minimum absolute atomic E-state index is 0.0688. The third-order valence-corrected chi connectivity index (χ3v) is 6.68. The number of aromatic nitrogens is 1. The maximum atomic E-state index is 12.7. The van der Waals surface area contributed by atoms with Crippen LogP contribution >= 0.6 is 22.9 Å². The molecule has 2 aromatic heterocycles. The molecule has 6 nitrogen and oxygen atoms in total. The molecule has 0 saturated carbocycles. The highest BCUT2D eigenvalue weighted by molar-refractivity contribution is 7.15. The average molecular weight is 456 g/mol. The number of amides is 1. The molecule has 0 radical (unpaired) electrons. The molecule has 1 aliphatic heterocycles. The average Bonchev–Trinajstić information content (AvgIpc) is 3.27. The van der Waals surface area contributed by atoms with Gasteiger partial charge in [-0.2, -0.15) is 0 Å². The predicted octanol–water partition coefficient (Wildman–Crippen LogP) is 4.21. The van der Waals surface area contributed by atoms with Crippen LogP contribution in [0, 0.1) is 0 Å². The van der Waals surface area contributed by atoms with Crippen molar-refractivity contribution in [3.05, 3.63) is 75.9 Å². The Labute approximate surface area is 190 Å². The zero-order valence-electron chi connectivity index (χ0n) is 17.1. The quantitative estimate of drug-likeness (QED) is 0.539. The van der Waals surface area contributed by atoms with E-state index in [1.165, 1.54) is 24.3 Å². The standard InChI is InChI=1S/C23H22ClN3O3S/c1-30-23(29)20-8-6-16(14-25-20)22(28)27-12-10-26(11-13-27)15-17-7-9-21(31-17)18-4-2-3-5-19(18)24/h2-9,14H,10-13,15H2,1H3. The van der Waals surface area contributed by atoms with Crippen LogP contribution in [0.25, 0.3) is 10.4 Å². The molecule has 0 bridgehead atoms. The second-order valence-electron chi connectivity index (χ2n) is 7.24. The number of esters is 1. The van der Waals surface area contributed by atoms with Gasteiger partial charge in [0.15, 0.2) is 0 Å². The summed E-state index contributed by atoms with van der Waals surface area (Å²) in [6.07, 6.45) is 1.43. The van der Waals surface area contributed by atoms with E-state index in [0.717, 1.165) is 35.1 Å². The highest BCUT2D eigenvalue weighted by atomic mass is 35.5. The Morgan fingerprint density at radius 2 is 1.84 bits per heavy atom. The number of carbonyl (C=O) groups is 2. The minimum atomic E-state index is -0.515. The van der Waals surface area contributed by atoms with Crippen LogP contribution in [0.1, 0.15) is 25.7 Å². The largest absolute Gasteiger partial charge is 0.464 e. The summed E-state index contributed by atoms with van der Waals surface area (Å²) in [4.78, 5) is 34.9. The normalized spacial score (nSPS) is 14.5. The fraction of sp³-hybridized carbons (Fsp3) is 0.261. The lowest BCUT2D eigenvalue weighted by Crippen LogP contribution is -2.48. The summed E-state index contributed by atoms with van der Waals surface area (Å²) < 4.78 is 4.64. The molecular formula is C23H22ClN3O3S. The van der Waals surface area contributed by atoms with E-state index in [1.807, 2.05) is 29.2 Å². The molecule has 0 unspecified atom stereocenters. The predicted molar refractivity (Wildman–Crippen MR) is 122 cm³/mol. The van der Waals surface area contributed by atoms with Gasteiger partial charge >= 0.3 is 5.97 Å². The third kappa shape index (κ3) is 4.95. The number of pyridine rings is 1. The summed E-state index contributed by atoms with van der Waals surface area (Å²) in [5, 5.41) is 0.761. The molecule has 3 aromatic rings. The van der Waals surface area contributed by atoms with Crippen LogP contribution in [0.4, 0.5) is 0 Å². The minimum Gasteiger partial charge on any atom is -0.464 e. The van der Waals surface area contributed by atoms with Gasteiger partial charge in [0.25, 0.3) is 5.91 Å². The van der Waals surface area contributed by atoms with Crippen molar-refractivity contribution in [3.63, 3.8) is 0 Å². The molecule has 31 heavy (non-hydrogen) atoms. The monoisotopic (exact) mass is 455 g/mol. The summed E-state index contributed by atoms with van der Waals surface area (Å²) in [5.41, 5.74) is 1.72. The number of piperazine rings is 1. The van der Waals surface area contributed by atoms with Gasteiger partial charge in [0.1, 0.15) is 5.69 Å². The molecule has 1 aliphatic rings. The zero-order chi connectivity index (χ0) is 21.8. The molecule has 1 saturated heterocycles. The number of thiophene rings is 1. The summed E-state index contributed by atoms with van der Waals surface area (Å²) in [5.74, 6) is -0.584. The van der Waals surface area contributed by atoms with Crippen molar-refractivity contribution in [2.24, 2.45) is 0 Å². The van der Waals surface area contributed by atoms with Crippen molar-refractivity contribution >= 4 is 34.8 Å². The molecule has 160 valence electrons. The van der Waals surface area contributed by atoms with Crippen LogP contribution in [-0.4, -0.2) is 59.9 Å². The first kappa shape index (κ1) is 21.5. The van der Waals surface area contributed by atoms with Gasteiger partial charge in [-0.25, -0.2) is 9.78 Å². The van der Waals surface area contributed by atoms with Crippen molar-refractivity contribution in [2.45, 2.75) is 6.54 Å². The second kappa shape index (κ2) is 9.60. The molecule has 0 N–H and O–H groups in total. The van der Waals surface area contributed by atoms with Crippen molar-refractivity contribution in [3.8, 4) is 10.4 Å². The van der Waals surface area contributed by atoms with Crippen LogP contribution in [0.5, 0.6) is 0 Å². The summed E-state index contributed by atoms with van der Waals surface area (Å²) >= 11 is 8.07. The highest BCUT2D eigenvalue weighted by Crippen LogP contribution is 2.33. The molecule has 1 aromatic carbocycles. The maximum Gasteiger partial charge on any atom is 0.356 e. The highest BCUT2D eigenvalue weighted by Gasteiger charge is 2.23. The number of nitrogens with zero attached hydrogens (tertiary/aromatic N) is 3. The lowest BCUT2D eigenvalue weighted by Gasteiger charge is -2.34. The Morgan fingerprint density at radius 3 is 2.52 bits per heavy atom. The van der Waals surface area contributed by atoms with Gasteiger partial charge in [0.05, 0.1) is 12.7 Å². The van der Waals surface area contributed by atoms with E-state index >= 15 is 0 Å². The fourth-order valence-corrected chi connectivity index (χ4v) is 4.91. The Morgan fingerprint density at radius 1 is 1.06 bits per heavy atom. The van der Waals surface area contributed by atoms with Crippen LogP contribution in [0.3, 0.4) is 0 Å². The topological polar surface area (TPSA) is 62.7 Å². The van der Waals surface area contributed by atoms with E-state index in [2.05, 4.69) is 26.8 Å². The molecule has 0 spiro atoms.